The minimum atomic E-state index is -3.91. The molecule has 6 heteroatoms. The smallest absolute Gasteiger partial charge is 0.207 e. The van der Waals surface area contributed by atoms with Gasteiger partial charge >= 0.3 is 0 Å². The summed E-state index contributed by atoms with van der Waals surface area (Å²) in [7, 11) is -2.68. The normalized spacial score (nSPS) is 11.4. The number of aryl methyl sites for hydroxylation is 1. The van der Waals surface area contributed by atoms with E-state index >= 15 is 0 Å². The van der Waals surface area contributed by atoms with Gasteiger partial charge in [0, 0.05) is 7.05 Å². The van der Waals surface area contributed by atoms with Crippen molar-refractivity contribution in [1.82, 2.24) is 4.31 Å². The van der Waals surface area contributed by atoms with Gasteiger partial charge in [0.2, 0.25) is 10.0 Å². The molecule has 0 aromatic heterocycles. The SMILES string of the molecule is Cc1ccc(S(=O)(=O)N(C)CC#N)c(F)c1. The molecule has 0 aliphatic rings. The van der Waals surface area contributed by atoms with Crippen LogP contribution in [0.1, 0.15) is 5.56 Å². The van der Waals surface area contributed by atoms with Crippen LogP contribution < -0.4 is 0 Å². The maximum Gasteiger partial charge on any atom is 0.246 e. The van der Waals surface area contributed by atoms with E-state index in [9.17, 15) is 12.8 Å². The molecular weight excluding hydrogens is 231 g/mol. The third-order valence-electron chi connectivity index (χ3n) is 2.07. The molecule has 1 rings (SSSR count). The van der Waals surface area contributed by atoms with Crippen molar-refractivity contribution in [3.8, 4) is 6.07 Å². The van der Waals surface area contributed by atoms with Gasteiger partial charge in [0.05, 0.1) is 6.07 Å². The Morgan fingerprint density at radius 1 is 1.50 bits per heavy atom. The van der Waals surface area contributed by atoms with Crippen LogP contribution in [0.4, 0.5) is 4.39 Å². The van der Waals surface area contributed by atoms with Crippen LogP contribution in [0.2, 0.25) is 0 Å². The highest BCUT2D eigenvalue weighted by Gasteiger charge is 2.23. The van der Waals surface area contributed by atoms with Crippen molar-refractivity contribution in [2.45, 2.75) is 11.8 Å². The van der Waals surface area contributed by atoms with E-state index in [0.717, 1.165) is 10.4 Å². The van der Waals surface area contributed by atoms with Crippen LogP contribution in [0.25, 0.3) is 0 Å². The lowest BCUT2D eigenvalue weighted by molar-refractivity contribution is 0.491. The Morgan fingerprint density at radius 3 is 2.62 bits per heavy atom. The van der Waals surface area contributed by atoms with Gasteiger partial charge in [-0.05, 0) is 24.6 Å². The summed E-state index contributed by atoms with van der Waals surface area (Å²) < 4.78 is 37.8. The molecule has 0 unspecified atom stereocenters. The molecule has 0 bridgehead atoms. The fourth-order valence-electron chi connectivity index (χ4n) is 1.17. The molecule has 0 amide bonds. The maximum atomic E-state index is 13.5. The molecule has 0 atom stereocenters. The second-order valence-corrected chi connectivity index (χ2v) is 5.37. The lowest BCUT2D eigenvalue weighted by atomic mass is 10.2. The first-order chi connectivity index (χ1) is 7.39. The minimum Gasteiger partial charge on any atom is -0.207 e. The molecular formula is C10H11FN2O2S. The summed E-state index contributed by atoms with van der Waals surface area (Å²) in [5.74, 6) is -0.801. The standard InChI is InChI=1S/C10H11FN2O2S/c1-8-3-4-10(9(11)7-8)16(14,15)13(2)6-5-12/h3-4,7H,6H2,1-2H3. The van der Waals surface area contributed by atoms with Crippen LogP contribution in [0.15, 0.2) is 23.1 Å². The van der Waals surface area contributed by atoms with Gasteiger partial charge in [0.1, 0.15) is 17.3 Å². The lowest BCUT2D eigenvalue weighted by Crippen LogP contribution is -2.28. The predicted octanol–water partition coefficient (Wildman–Crippen LogP) is 1.28. The Bertz CT molecular complexity index is 534. The monoisotopic (exact) mass is 242 g/mol. The second kappa shape index (κ2) is 4.60. The quantitative estimate of drug-likeness (QED) is 0.750. The van der Waals surface area contributed by atoms with Crippen LogP contribution in [0.5, 0.6) is 0 Å². The van der Waals surface area contributed by atoms with Crippen LogP contribution in [0.3, 0.4) is 0 Å². The van der Waals surface area contributed by atoms with Gasteiger partial charge < -0.3 is 0 Å². The Balaban J connectivity index is 3.23. The van der Waals surface area contributed by atoms with Gasteiger partial charge in [0.15, 0.2) is 0 Å². The molecule has 0 radical (unpaired) electrons. The number of rotatable bonds is 3. The highest BCUT2D eigenvalue weighted by Crippen LogP contribution is 2.18. The summed E-state index contributed by atoms with van der Waals surface area (Å²) in [4.78, 5) is -0.407. The first kappa shape index (κ1) is 12.6. The highest BCUT2D eigenvalue weighted by atomic mass is 32.2. The Labute approximate surface area is 94.0 Å². The van der Waals surface area contributed by atoms with Gasteiger partial charge in [-0.1, -0.05) is 6.07 Å². The van der Waals surface area contributed by atoms with Gasteiger partial charge in [-0.2, -0.15) is 9.57 Å². The summed E-state index contributed by atoms with van der Waals surface area (Å²) in [6.45, 7) is 1.36. The molecule has 0 heterocycles. The molecule has 0 aliphatic heterocycles. The fraction of sp³-hybridized carbons (Fsp3) is 0.300. The Morgan fingerprint density at radius 2 is 2.12 bits per heavy atom. The zero-order valence-corrected chi connectivity index (χ0v) is 9.75. The number of halogens is 1. The van der Waals surface area contributed by atoms with E-state index in [4.69, 9.17) is 5.26 Å². The summed E-state index contributed by atoms with van der Waals surface area (Å²) in [5, 5.41) is 8.41. The van der Waals surface area contributed by atoms with Gasteiger partial charge in [-0.25, -0.2) is 12.8 Å². The molecule has 0 fully saturated rings. The fourth-order valence-corrected chi connectivity index (χ4v) is 2.28. The zero-order chi connectivity index (χ0) is 12.3. The number of nitrogens with zero attached hydrogens (tertiary/aromatic N) is 2. The maximum absolute atomic E-state index is 13.5. The topological polar surface area (TPSA) is 61.2 Å². The van der Waals surface area contributed by atoms with E-state index in [1.54, 1.807) is 13.0 Å². The average molecular weight is 242 g/mol. The predicted molar refractivity (Wildman–Crippen MR) is 56.6 cm³/mol. The number of benzene rings is 1. The van der Waals surface area contributed by atoms with Crippen molar-refractivity contribution in [2.24, 2.45) is 0 Å². The summed E-state index contributed by atoms with van der Waals surface area (Å²) in [6, 6.07) is 5.56. The first-order valence-corrected chi connectivity index (χ1v) is 5.93. The van der Waals surface area contributed by atoms with Gasteiger partial charge in [-0.15, -0.1) is 0 Å². The largest absolute Gasteiger partial charge is 0.246 e. The first-order valence-electron chi connectivity index (χ1n) is 4.49. The van der Waals surface area contributed by atoms with Crippen molar-refractivity contribution in [3.63, 3.8) is 0 Å². The number of hydrogen-bond donors (Lipinski definition) is 0. The number of hydrogen-bond acceptors (Lipinski definition) is 3. The zero-order valence-electron chi connectivity index (χ0n) is 8.94. The summed E-state index contributed by atoms with van der Waals surface area (Å²) >= 11 is 0. The number of sulfonamides is 1. The third kappa shape index (κ3) is 2.38. The van der Waals surface area contributed by atoms with E-state index in [1.165, 1.54) is 19.2 Å². The molecule has 86 valence electrons. The summed E-state index contributed by atoms with van der Waals surface area (Å²) in [5.41, 5.74) is 0.638. The molecule has 0 saturated carbocycles. The van der Waals surface area contributed by atoms with E-state index in [2.05, 4.69) is 0 Å². The van der Waals surface area contributed by atoms with E-state index in [-0.39, 0.29) is 6.54 Å². The number of nitriles is 1. The Hall–Kier alpha value is -1.45. The van der Waals surface area contributed by atoms with Crippen molar-refractivity contribution in [3.05, 3.63) is 29.6 Å². The van der Waals surface area contributed by atoms with Crippen molar-refractivity contribution < 1.29 is 12.8 Å². The van der Waals surface area contributed by atoms with Gasteiger partial charge in [-0.3, -0.25) is 0 Å². The molecule has 1 aromatic carbocycles. The highest BCUT2D eigenvalue weighted by molar-refractivity contribution is 7.89. The van der Waals surface area contributed by atoms with Crippen LogP contribution in [0, 0.1) is 24.1 Å². The summed E-state index contributed by atoms with van der Waals surface area (Å²) in [6.07, 6.45) is 0. The van der Waals surface area contributed by atoms with Gasteiger partial charge in [0.25, 0.3) is 0 Å². The minimum absolute atomic E-state index is 0.310. The van der Waals surface area contributed by atoms with Crippen molar-refractivity contribution in [2.75, 3.05) is 13.6 Å². The van der Waals surface area contributed by atoms with Crippen molar-refractivity contribution in [1.29, 1.82) is 5.26 Å². The van der Waals surface area contributed by atoms with Crippen LogP contribution in [-0.2, 0) is 10.0 Å². The van der Waals surface area contributed by atoms with Crippen molar-refractivity contribution >= 4 is 10.0 Å². The second-order valence-electron chi connectivity index (χ2n) is 3.35. The molecule has 16 heavy (non-hydrogen) atoms. The molecule has 1 aromatic rings. The third-order valence-corrected chi connectivity index (χ3v) is 3.91. The molecule has 4 nitrogen and oxygen atoms in total. The molecule has 0 N–H and O–H groups in total. The molecule has 0 spiro atoms. The van der Waals surface area contributed by atoms with E-state index in [0.29, 0.717) is 5.56 Å². The lowest BCUT2D eigenvalue weighted by Gasteiger charge is -2.14. The van der Waals surface area contributed by atoms with Crippen LogP contribution in [-0.4, -0.2) is 26.3 Å². The van der Waals surface area contributed by atoms with E-state index < -0.39 is 20.7 Å². The van der Waals surface area contributed by atoms with E-state index in [1.807, 2.05) is 0 Å². The van der Waals surface area contributed by atoms with Crippen LogP contribution >= 0.6 is 0 Å². The Kier molecular flexibility index (Phi) is 3.62. The average Bonchev–Trinajstić information content (AvgIpc) is 2.17. The molecule has 0 saturated heterocycles. The molecule has 0 aliphatic carbocycles.